The average Bonchev–Trinajstić information content (AvgIpc) is 2.82. The van der Waals surface area contributed by atoms with E-state index in [0.29, 0.717) is 23.6 Å². The molecule has 0 saturated heterocycles. The molecule has 0 saturated carbocycles. The fourth-order valence-corrected chi connectivity index (χ4v) is 4.65. The molecule has 0 fully saturated rings. The van der Waals surface area contributed by atoms with Crippen LogP contribution in [0, 0.1) is 13.8 Å². The number of hydrazone groups is 1. The Morgan fingerprint density at radius 3 is 2.50 bits per heavy atom. The summed E-state index contributed by atoms with van der Waals surface area (Å²) in [7, 11) is -3.98. The molecule has 0 atom stereocenters. The van der Waals surface area contributed by atoms with Crippen LogP contribution in [0.25, 0.3) is 0 Å². The van der Waals surface area contributed by atoms with Crippen LogP contribution >= 0.6 is 0 Å². The number of amides is 1. The first-order valence-electron chi connectivity index (χ1n) is 10.6. The minimum Gasteiger partial charge on any atom is -0.490 e. The van der Waals surface area contributed by atoms with Gasteiger partial charge in [0.05, 0.1) is 16.8 Å². The maximum Gasteiger partial charge on any atom is 0.264 e. The van der Waals surface area contributed by atoms with E-state index >= 15 is 0 Å². The van der Waals surface area contributed by atoms with E-state index in [9.17, 15) is 13.2 Å². The van der Waals surface area contributed by atoms with Crippen LogP contribution in [0.5, 0.6) is 5.75 Å². The zero-order valence-corrected chi connectivity index (χ0v) is 20.0. The van der Waals surface area contributed by atoms with Crippen LogP contribution < -0.4 is 14.5 Å². The number of sulfonamides is 1. The average molecular weight is 478 g/mol. The lowest BCUT2D eigenvalue weighted by Gasteiger charge is -2.25. The number of rotatable bonds is 10. The van der Waals surface area contributed by atoms with Gasteiger partial charge in [0.1, 0.15) is 18.9 Å². The van der Waals surface area contributed by atoms with E-state index in [4.69, 9.17) is 4.74 Å². The van der Waals surface area contributed by atoms with Gasteiger partial charge in [-0.1, -0.05) is 60.7 Å². The Kier molecular flexibility index (Phi) is 8.21. The monoisotopic (exact) mass is 477 g/mol. The molecule has 3 rings (SSSR count). The maximum atomic E-state index is 13.4. The number of hydrogen-bond donors (Lipinski definition) is 1. The Hall–Kier alpha value is -3.91. The van der Waals surface area contributed by atoms with Crippen molar-refractivity contribution in [1.29, 1.82) is 0 Å². The smallest absolute Gasteiger partial charge is 0.264 e. The second-order valence-corrected chi connectivity index (χ2v) is 9.44. The van der Waals surface area contributed by atoms with Gasteiger partial charge in [-0.2, -0.15) is 5.10 Å². The Morgan fingerprint density at radius 2 is 1.79 bits per heavy atom. The third-order valence-corrected chi connectivity index (χ3v) is 6.68. The lowest BCUT2D eigenvalue weighted by Crippen LogP contribution is -2.40. The van der Waals surface area contributed by atoms with E-state index in [1.165, 1.54) is 18.3 Å². The normalized spacial score (nSPS) is 11.2. The van der Waals surface area contributed by atoms with Crippen molar-refractivity contribution in [3.63, 3.8) is 0 Å². The molecule has 8 heteroatoms. The zero-order chi connectivity index (χ0) is 24.6. The van der Waals surface area contributed by atoms with Crippen LogP contribution in [0.3, 0.4) is 0 Å². The summed E-state index contributed by atoms with van der Waals surface area (Å²) >= 11 is 0. The van der Waals surface area contributed by atoms with Crippen molar-refractivity contribution >= 4 is 27.8 Å². The summed E-state index contributed by atoms with van der Waals surface area (Å²) in [4.78, 5) is 12.8. The zero-order valence-electron chi connectivity index (χ0n) is 19.1. The first kappa shape index (κ1) is 24.7. The van der Waals surface area contributed by atoms with Crippen LogP contribution in [-0.4, -0.2) is 33.7 Å². The number of anilines is 1. The SMILES string of the molecule is C=CCOc1cccc(/C=N\NC(=O)CN(c2ccccc2C)S(=O)(=O)c2ccc(C)cc2)c1. The molecule has 3 aromatic rings. The van der Waals surface area contributed by atoms with Crippen LogP contribution in [0.2, 0.25) is 0 Å². The predicted molar refractivity (Wildman–Crippen MR) is 135 cm³/mol. The van der Waals surface area contributed by atoms with Crippen molar-refractivity contribution in [2.24, 2.45) is 5.10 Å². The third-order valence-electron chi connectivity index (χ3n) is 4.91. The van der Waals surface area contributed by atoms with E-state index in [-0.39, 0.29) is 4.90 Å². The van der Waals surface area contributed by atoms with Gasteiger partial charge >= 0.3 is 0 Å². The quantitative estimate of drug-likeness (QED) is 0.269. The van der Waals surface area contributed by atoms with E-state index in [1.807, 2.05) is 13.0 Å². The largest absolute Gasteiger partial charge is 0.490 e. The number of aryl methyl sites for hydroxylation is 2. The van der Waals surface area contributed by atoms with E-state index in [1.54, 1.807) is 67.6 Å². The highest BCUT2D eigenvalue weighted by atomic mass is 32.2. The first-order valence-corrected chi connectivity index (χ1v) is 12.1. The summed E-state index contributed by atoms with van der Waals surface area (Å²) in [5.74, 6) is 0.0688. The number of nitrogens with zero attached hydrogens (tertiary/aromatic N) is 2. The Balaban J connectivity index is 1.80. The minimum atomic E-state index is -3.98. The molecular weight excluding hydrogens is 450 g/mol. The van der Waals surface area contributed by atoms with E-state index in [2.05, 4.69) is 17.1 Å². The summed E-state index contributed by atoms with van der Waals surface area (Å²) in [6, 6.07) is 20.7. The summed E-state index contributed by atoms with van der Waals surface area (Å²) in [6.07, 6.45) is 3.11. The van der Waals surface area contributed by atoms with Gasteiger partial charge in [0.25, 0.3) is 15.9 Å². The number of ether oxygens (including phenoxy) is 1. The van der Waals surface area contributed by atoms with Gasteiger partial charge in [-0.15, -0.1) is 0 Å². The van der Waals surface area contributed by atoms with Crippen molar-refractivity contribution < 1.29 is 17.9 Å². The molecule has 176 valence electrons. The van der Waals surface area contributed by atoms with Crippen LogP contribution in [0.4, 0.5) is 5.69 Å². The highest BCUT2D eigenvalue weighted by molar-refractivity contribution is 7.92. The molecule has 0 radical (unpaired) electrons. The molecule has 0 aliphatic carbocycles. The van der Waals surface area contributed by atoms with Gasteiger partial charge in [0.15, 0.2) is 0 Å². The molecular formula is C26H27N3O4S. The Labute approximate surface area is 200 Å². The topological polar surface area (TPSA) is 88.1 Å². The van der Waals surface area contributed by atoms with Crippen molar-refractivity contribution in [1.82, 2.24) is 5.43 Å². The molecule has 34 heavy (non-hydrogen) atoms. The number of carbonyl (C=O) groups is 1. The number of carbonyl (C=O) groups excluding carboxylic acids is 1. The third kappa shape index (κ3) is 6.32. The number of benzene rings is 3. The van der Waals surface area contributed by atoms with Gasteiger partial charge in [-0.3, -0.25) is 9.10 Å². The van der Waals surface area contributed by atoms with Gasteiger partial charge in [0, 0.05) is 0 Å². The highest BCUT2D eigenvalue weighted by Crippen LogP contribution is 2.26. The Morgan fingerprint density at radius 1 is 1.06 bits per heavy atom. The van der Waals surface area contributed by atoms with Crippen molar-refractivity contribution in [2.75, 3.05) is 17.5 Å². The summed E-state index contributed by atoms with van der Waals surface area (Å²) in [5.41, 5.74) is 5.22. The molecule has 3 aromatic carbocycles. The summed E-state index contributed by atoms with van der Waals surface area (Å²) in [6.45, 7) is 7.23. The second kappa shape index (κ2) is 11.3. The number of hydrogen-bond acceptors (Lipinski definition) is 5. The molecule has 0 aromatic heterocycles. The molecule has 1 amide bonds. The predicted octanol–water partition coefficient (Wildman–Crippen LogP) is 4.21. The van der Waals surface area contributed by atoms with Gasteiger partial charge < -0.3 is 4.74 Å². The fourth-order valence-electron chi connectivity index (χ4n) is 3.16. The van der Waals surface area contributed by atoms with E-state index in [0.717, 1.165) is 15.4 Å². The molecule has 0 aliphatic heterocycles. The van der Waals surface area contributed by atoms with Crippen LogP contribution in [0.1, 0.15) is 16.7 Å². The Bertz CT molecular complexity index is 1290. The molecule has 7 nitrogen and oxygen atoms in total. The van der Waals surface area contributed by atoms with Crippen molar-refractivity contribution in [3.05, 3.63) is 102 Å². The molecule has 0 aliphatic rings. The highest BCUT2D eigenvalue weighted by Gasteiger charge is 2.28. The number of nitrogens with one attached hydrogen (secondary N) is 1. The standard InChI is InChI=1S/C26H27N3O4S/c1-4-16-33-23-10-7-9-22(17-23)18-27-28-26(30)19-29(25-11-6-5-8-21(25)3)34(31,32)24-14-12-20(2)13-15-24/h4-15,17-18H,1,16,19H2,2-3H3,(H,28,30)/b27-18-. The molecule has 0 spiro atoms. The number of para-hydroxylation sites is 1. The first-order chi connectivity index (χ1) is 16.3. The fraction of sp³-hybridized carbons (Fsp3) is 0.154. The lowest BCUT2D eigenvalue weighted by atomic mass is 10.2. The molecule has 0 bridgehead atoms. The van der Waals surface area contributed by atoms with Gasteiger partial charge in [0.2, 0.25) is 0 Å². The summed E-state index contributed by atoms with van der Waals surface area (Å²) in [5, 5.41) is 3.98. The molecule has 1 N–H and O–H groups in total. The maximum absolute atomic E-state index is 13.4. The molecule has 0 heterocycles. The van der Waals surface area contributed by atoms with Crippen LogP contribution in [-0.2, 0) is 14.8 Å². The second-order valence-electron chi connectivity index (χ2n) is 7.58. The molecule has 0 unspecified atom stereocenters. The lowest BCUT2D eigenvalue weighted by molar-refractivity contribution is -0.119. The minimum absolute atomic E-state index is 0.106. The van der Waals surface area contributed by atoms with Crippen LogP contribution in [0.15, 0.2) is 95.4 Å². The van der Waals surface area contributed by atoms with E-state index < -0.39 is 22.5 Å². The van der Waals surface area contributed by atoms with Crippen molar-refractivity contribution in [2.45, 2.75) is 18.7 Å². The van der Waals surface area contributed by atoms with Gasteiger partial charge in [-0.25, -0.2) is 13.8 Å². The van der Waals surface area contributed by atoms with Crippen molar-refractivity contribution in [3.8, 4) is 5.75 Å². The summed E-state index contributed by atoms with van der Waals surface area (Å²) < 4.78 is 33.5. The van der Waals surface area contributed by atoms with Gasteiger partial charge in [-0.05, 0) is 55.3 Å².